The summed E-state index contributed by atoms with van der Waals surface area (Å²) in [4.78, 5) is 0. The summed E-state index contributed by atoms with van der Waals surface area (Å²) in [6.07, 6.45) is 12.1. The van der Waals surface area contributed by atoms with Crippen LogP contribution in [0.25, 0.3) is 0 Å². The van der Waals surface area contributed by atoms with Crippen molar-refractivity contribution in [3.63, 3.8) is 0 Å². The number of hydrazine groups is 1. The first kappa shape index (κ1) is 12.0. The normalized spacial score (nSPS) is 19.1. The van der Waals surface area contributed by atoms with Gasteiger partial charge in [-0.05, 0) is 19.3 Å². The molecule has 0 bridgehead atoms. The summed E-state index contributed by atoms with van der Waals surface area (Å²) in [5, 5.41) is 2.11. The largest absolute Gasteiger partial charge is 0.269 e. The Morgan fingerprint density at radius 1 is 1.07 bits per heavy atom. The molecule has 2 heteroatoms. The van der Waals surface area contributed by atoms with Gasteiger partial charge in [-0.2, -0.15) is 0 Å². The van der Waals surface area contributed by atoms with Gasteiger partial charge in [0.05, 0.1) is 0 Å². The van der Waals surface area contributed by atoms with Crippen molar-refractivity contribution in [3.05, 3.63) is 0 Å². The first-order valence-corrected chi connectivity index (χ1v) is 6.36. The average Bonchev–Trinajstić information content (AvgIpc) is 2.25. The molecule has 1 aliphatic rings. The van der Waals surface area contributed by atoms with Gasteiger partial charge < -0.3 is 0 Å². The van der Waals surface area contributed by atoms with Crippen LogP contribution in [0.4, 0.5) is 0 Å². The third-order valence-corrected chi connectivity index (χ3v) is 3.31. The molecule has 0 amide bonds. The predicted molar refractivity (Wildman–Crippen MR) is 61.9 cm³/mol. The van der Waals surface area contributed by atoms with E-state index in [4.69, 9.17) is 5.84 Å². The first-order chi connectivity index (χ1) is 6.84. The summed E-state index contributed by atoms with van der Waals surface area (Å²) in [5.74, 6) is 6.06. The van der Waals surface area contributed by atoms with Crippen LogP contribution in [-0.4, -0.2) is 17.6 Å². The van der Waals surface area contributed by atoms with E-state index in [0.717, 1.165) is 6.54 Å². The van der Waals surface area contributed by atoms with E-state index >= 15 is 0 Å². The van der Waals surface area contributed by atoms with Crippen LogP contribution in [0, 0.1) is 0 Å². The number of unbranched alkanes of at least 4 members (excludes halogenated alkanes) is 3. The van der Waals surface area contributed by atoms with Crippen molar-refractivity contribution in [2.24, 2.45) is 5.84 Å². The Labute approximate surface area is 88.8 Å². The molecule has 0 unspecified atom stereocenters. The van der Waals surface area contributed by atoms with Crippen LogP contribution in [0.1, 0.15) is 64.7 Å². The summed E-state index contributed by atoms with van der Waals surface area (Å²) in [6.45, 7) is 3.35. The van der Waals surface area contributed by atoms with Gasteiger partial charge in [0.25, 0.3) is 0 Å². The van der Waals surface area contributed by atoms with Gasteiger partial charge in [0.1, 0.15) is 0 Å². The highest BCUT2D eigenvalue weighted by atomic mass is 15.4. The Morgan fingerprint density at radius 3 is 2.43 bits per heavy atom. The maximum Gasteiger partial charge on any atom is 0.0241 e. The number of hydrogen-bond donors (Lipinski definition) is 1. The van der Waals surface area contributed by atoms with E-state index in [1.807, 2.05) is 0 Å². The first-order valence-electron chi connectivity index (χ1n) is 6.36. The Kier molecular flexibility index (Phi) is 6.20. The summed E-state index contributed by atoms with van der Waals surface area (Å²) in [5.41, 5.74) is 0. The highest BCUT2D eigenvalue weighted by Crippen LogP contribution is 2.20. The van der Waals surface area contributed by atoms with Crippen LogP contribution in [-0.2, 0) is 0 Å². The fourth-order valence-corrected chi connectivity index (χ4v) is 2.32. The minimum absolute atomic E-state index is 0.686. The molecule has 1 saturated carbocycles. The molecule has 0 spiro atoms. The van der Waals surface area contributed by atoms with E-state index < -0.39 is 0 Å². The molecule has 84 valence electrons. The predicted octanol–water partition coefficient (Wildman–Crippen LogP) is 3.08. The van der Waals surface area contributed by atoms with Crippen molar-refractivity contribution >= 4 is 0 Å². The Bertz CT molecular complexity index is 130. The fraction of sp³-hybridized carbons (Fsp3) is 1.00. The second kappa shape index (κ2) is 7.24. The molecule has 0 saturated heterocycles. The minimum Gasteiger partial charge on any atom is -0.269 e. The lowest BCUT2D eigenvalue weighted by Gasteiger charge is -2.30. The maximum absolute atomic E-state index is 6.06. The number of hydrogen-bond acceptors (Lipinski definition) is 2. The van der Waals surface area contributed by atoms with Crippen LogP contribution in [0.15, 0.2) is 0 Å². The van der Waals surface area contributed by atoms with Crippen LogP contribution in [0.2, 0.25) is 0 Å². The molecule has 0 aliphatic heterocycles. The van der Waals surface area contributed by atoms with Crippen molar-refractivity contribution in [1.29, 1.82) is 0 Å². The van der Waals surface area contributed by atoms with Crippen molar-refractivity contribution < 1.29 is 0 Å². The van der Waals surface area contributed by atoms with Gasteiger partial charge in [-0.15, -0.1) is 0 Å². The molecular formula is C12H26N2. The maximum atomic E-state index is 6.06. The second-order valence-corrected chi connectivity index (χ2v) is 4.59. The molecular weight excluding hydrogens is 172 g/mol. The van der Waals surface area contributed by atoms with Gasteiger partial charge in [0.15, 0.2) is 0 Å². The van der Waals surface area contributed by atoms with Crippen LogP contribution in [0.5, 0.6) is 0 Å². The molecule has 1 rings (SSSR count). The lowest BCUT2D eigenvalue weighted by molar-refractivity contribution is 0.155. The van der Waals surface area contributed by atoms with Gasteiger partial charge in [-0.25, -0.2) is 5.01 Å². The van der Waals surface area contributed by atoms with Gasteiger partial charge >= 0.3 is 0 Å². The Hall–Kier alpha value is -0.0800. The molecule has 14 heavy (non-hydrogen) atoms. The third kappa shape index (κ3) is 4.43. The van der Waals surface area contributed by atoms with Crippen molar-refractivity contribution in [1.82, 2.24) is 5.01 Å². The molecule has 1 aliphatic carbocycles. The molecule has 1 fully saturated rings. The summed E-state index contributed by atoms with van der Waals surface area (Å²) in [6, 6.07) is 0.686. The summed E-state index contributed by atoms with van der Waals surface area (Å²) < 4.78 is 0. The smallest absolute Gasteiger partial charge is 0.0241 e. The van der Waals surface area contributed by atoms with Gasteiger partial charge in [0.2, 0.25) is 0 Å². The molecule has 0 radical (unpaired) electrons. The molecule has 0 heterocycles. The molecule has 2 N–H and O–H groups in total. The van der Waals surface area contributed by atoms with E-state index in [1.165, 1.54) is 57.8 Å². The number of nitrogens with zero attached hydrogens (tertiary/aromatic N) is 1. The molecule has 0 aromatic carbocycles. The average molecular weight is 198 g/mol. The zero-order valence-electron chi connectivity index (χ0n) is 9.67. The molecule has 0 aromatic rings. The van der Waals surface area contributed by atoms with Crippen LogP contribution >= 0.6 is 0 Å². The van der Waals surface area contributed by atoms with E-state index in [0.29, 0.717) is 6.04 Å². The zero-order chi connectivity index (χ0) is 10.2. The summed E-state index contributed by atoms with van der Waals surface area (Å²) >= 11 is 0. The quantitative estimate of drug-likeness (QED) is 0.404. The topological polar surface area (TPSA) is 29.3 Å². The van der Waals surface area contributed by atoms with Crippen molar-refractivity contribution in [3.8, 4) is 0 Å². The van der Waals surface area contributed by atoms with Gasteiger partial charge in [-0.1, -0.05) is 45.4 Å². The highest BCUT2D eigenvalue weighted by molar-refractivity contribution is 4.72. The minimum atomic E-state index is 0.686. The Balaban J connectivity index is 2.04. The fourth-order valence-electron chi connectivity index (χ4n) is 2.32. The van der Waals surface area contributed by atoms with Crippen LogP contribution < -0.4 is 5.84 Å². The van der Waals surface area contributed by atoms with Crippen LogP contribution in [0.3, 0.4) is 0 Å². The lowest BCUT2D eigenvalue weighted by Crippen LogP contribution is -2.42. The van der Waals surface area contributed by atoms with Gasteiger partial charge in [0, 0.05) is 12.6 Å². The lowest BCUT2D eigenvalue weighted by atomic mass is 9.95. The standard InChI is InChI=1S/C12H26N2/c1-2-3-4-8-11-14(13)12-9-6-5-7-10-12/h12H,2-11,13H2,1H3. The van der Waals surface area contributed by atoms with E-state index in [-0.39, 0.29) is 0 Å². The molecule has 0 aromatic heterocycles. The monoisotopic (exact) mass is 198 g/mol. The Morgan fingerprint density at radius 2 is 1.79 bits per heavy atom. The number of rotatable bonds is 6. The SMILES string of the molecule is CCCCCCN(N)C1CCCCC1. The second-order valence-electron chi connectivity index (χ2n) is 4.59. The van der Waals surface area contributed by atoms with E-state index in [2.05, 4.69) is 11.9 Å². The zero-order valence-corrected chi connectivity index (χ0v) is 9.67. The van der Waals surface area contributed by atoms with E-state index in [9.17, 15) is 0 Å². The number of nitrogens with two attached hydrogens (primary N) is 1. The highest BCUT2D eigenvalue weighted by Gasteiger charge is 2.17. The summed E-state index contributed by atoms with van der Waals surface area (Å²) in [7, 11) is 0. The van der Waals surface area contributed by atoms with E-state index in [1.54, 1.807) is 0 Å². The third-order valence-electron chi connectivity index (χ3n) is 3.31. The van der Waals surface area contributed by atoms with Gasteiger partial charge in [-0.3, -0.25) is 5.84 Å². The molecule has 2 nitrogen and oxygen atoms in total. The molecule has 0 atom stereocenters. The van der Waals surface area contributed by atoms with Crippen molar-refractivity contribution in [2.75, 3.05) is 6.54 Å². The van der Waals surface area contributed by atoms with Crippen molar-refractivity contribution in [2.45, 2.75) is 70.8 Å².